The summed E-state index contributed by atoms with van der Waals surface area (Å²) in [6.45, 7) is 5.53. The molecule has 1 aromatic heterocycles. The highest BCUT2D eigenvalue weighted by atomic mass is 35.5. The maximum atomic E-state index is 14.5. The predicted octanol–water partition coefficient (Wildman–Crippen LogP) is 4.04. The van der Waals surface area contributed by atoms with Crippen molar-refractivity contribution in [1.82, 2.24) is 14.5 Å². The molecule has 2 atom stereocenters. The summed E-state index contributed by atoms with van der Waals surface area (Å²) in [5, 5.41) is 0.596. The van der Waals surface area contributed by atoms with Gasteiger partial charge in [-0.1, -0.05) is 11.6 Å². The second kappa shape index (κ2) is 6.69. The Hall–Kier alpha value is -1.21. The first kappa shape index (κ1) is 17.9. The third-order valence-electron chi connectivity index (χ3n) is 6.42. The number of aryl methyl sites for hydroxylation is 1. The molecule has 2 aliphatic heterocycles. The Labute approximate surface area is 168 Å². The van der Waals surface area contributed by atoms with Gasteiger partial charge >= 0.3 is 0 Å². The summed E-state index contributed by atoms with van der Waals surface area (Å²) in [5.41, 5.74) is 3.12. The Morgan fingerprint density at radius 3 is 2.96 bits per heavy atom. The number of nitrogens with zero attached hydrogens (tertiary/aromatic N) is 2. The van der Waals surface area contributed by atoms with Crippen molar-refractivity contribution in [2.75, 3.05) is 32.8 Å². The quantitative estimate of drug-likeness (QED) is 0.759. The van der Waals surface area contributed by atoms with Gasteiger partial charge in [-0.05, 0) is 61.8 Å². The summed E-state index contributed by atoms with van der Waals surface area (Å²) in [4.78, 5) is 5.87. The van der Waals surface area contributed by atoms with Gasteiger partial charge in [-0.3, -0.25) is 4.90 Å². The highest BCUT2D eigenvalue weighted by molar-refractivity contribution is 7.71. The SMILES string of the molecule is Fc1ccc(Cl)cc1[C@]12CC1c1c(CCCN3CCOCC3)[nH]c(=S)n1C2. The molecule has 1 aromatic carbocycles. The second-order valence-electron chi connectivity index (χ2n) is 7.97. The first-order chi connectivity index (χ1) is 13.1. The molecular formula is C20H23ClFN3OS. The van der Waals surface area contributed by atoms with Crippen LogP contribution in [-0.2, 0) is 23.1 Å². The molecule has 2 fully saturated rings. The van der Waals surface area contributed by atoms with Crippen molar-refractivity contribution in [2.24, 2.45) is 0 Å². The van der Waals surface area contributed by atoms with Gasteiger partial charge in [0, 0.05) is 47.4 Å². The number of nitrogens with one attached hydrogen (secondary N) is 1. The first-order valence-electron chi connectivity index (χ1n) is 9.66. The van der Waals surface area contributed by atoms with Crippen LogP contribution in [0.2, 0.25) is 5.02 Å². The fourth-order valence-corrected chi connectivity index (χ4v) is 5.42. The lowest BCUT2D eigenvalue weighted by Gasteiger charge is -2.26. The molecule has 27 heavy (non-hydrogen) atoms. The average molecular weight is 408 g/mol. The molecule has 4 nitrogen and oxygen atoms in total. The number of H-pyrrole nitrogens is 1. The average Bonchev–Trinajstić information content (AvgIpc) is 3.16. The highest BCUT2D eigenvalue weighted by Gasteiger charge is 2.63. The lowest BCUT2D eigenvalue weighted by Crippen LogP contribution is -2.37. The first-order valence-corrected chi connectivity index (χ1v) is 10.4. The minimum absolute atomic E-state index is 0.156. The number of aromatic amines is 1. The maximum absolute atomic E-state index is 14.5. The van der Waals surface area contributed by atoms with Gasteiger partial charge in [0.1, 0.15) is 5.82 Å². The third-order valence-corrected chi connectivity index (χ3v) is 6.98. The molecule has 0 amide bonds. The molecule has 1 aliphatic carbocycles. The van der Waals surface area contributed by atoms with Crippen molar-refractivity contribution in [1.29, 1.82) is 0 Å². The number of aromatic nitrogens is 2. The van der Waals surface area contributed by atoms with Crippen molar-refractivity contribution >= 4 is 23.8 Å². The molecule has 0 spiro atoms. The summed E-state index contributed by atoms with van der Waals surface area (Å²) < 4.78 is 22.9. The smallest absolute Gasteiger partial charge is 0.177 e. The van der Waals surface area contributed by atoms with Gasteiger partial charge in [-0.25, -0.2) is 4.39 Å². The Bertz CT molecular complexity index is 936. The Morgan fingerprint density at radius 2 is 2.15 bits per heavy atom. The normalized spacial score (nSPS) is 26.8. The fraction of sp³-hybridized carbons (Fsp3) is 0.550. The van der Waals surface area contributed by atoms with Crippen LogP contribution in [0.5, 0.6) is 0 Å². The lowest BCUT2D eigenvalue weighted by molar-refractivity contribution is 0.0374. The van der Waals surface area contributed by atoms with Gasteiger partial charge < -0.3 is 14.3 Å². The maximum Gasteiger partial charge on any atom is 0.177 e. The minimum atomic E-state index is -0.161. The van der Waals surface area contributed by atoms with Crippen molar-refractivity contribution in [3.05, 3.63) is 50.8 Å². The summed E-state index contributed by atoms with van der Waals surface area (Å²) in [6.07, 6.45) is 3.05. The monoisotopic (exact) mass is 407 g/mol. The number of imidazole rings is 1. The molecule has 0 radical (unpaired) electrons. The zero-order chi connectivity index (χ0) is 18.6. The molecular weight excluding hydrogens is 385 g/mol. The van der Waals surface area contributed by atoms with E-state index in [1.807, 2.05) is 0 Å². The number of ether oxygens (including phenoxy) is 1. The van der Waals surface area contributed by atoms with E-state index in [9.17, 15) is 4.39 Å². The minimum Gasteiger partial charge on any atom is -0.379 e. The summed E-state index contributed by atoms with van der Waals surface area (Å²) in [5.74, 6) is 0.188. The van der Waals surface area contributed by atoms with Gasteiger partial charge in [0.25, 0.3) is 0 Å². The van der Waals surface area contributed by atoms with Gasteiger partial charge in [-0.2, -0.15) is 0 Å². The van der Waals surface area contributed by atoms with Crippen molar-refractivity contribution < 1.29 is 9.13 Å². The fourth-order valence-electron chi connectivity index (χ4n) is 4.97. The van der Waals surface area contributed by atoms with Crippen LogP contribution >= 0.6 is 23.8 Å². The van der Waals surface area contributed by atoms with Gasteiger partial charge in [0.15, 0.2) is 4.77 Å². The van der Waals surface area contributed by atoms with E-state index in [0.29, 0.717) is 10.9 Å². The standard InChI is InChI=1S/C20H23ClFN3OS/c21-13-3-4-16(22)14(10-13)20-11-15(20)18-17(23-19(27)25(18)12-20)2-1-5-24-6-8-26-9-7-24/h3-4,10,15H,1-2,5-9,11-12H2,(H,23,27)/t15?,20-/m1/s1. The zero-order valence-corrected chi connectivity index (χ0v) is 16.7. The molecule has 3 heterocycles. The van der Waals surface area contributed by atoms with E-state index in [4.69, 9.17) is 28.6 Å². The molecule has 3 aliphatic rings. The van der Waals surface area contributed by atoms with Crippen molar-refractivity contribution in [3.8, 4) is 0 Å². The van der Waals surface area contributed by atoms with Crippen LogP contribution in [0.1, 0.15) is 35.7 Å². The summed E-state index contributed by atoms with van der Waals surface area (Å²) >= 11 is 11.7. The molecule has 2 aromatic rings. The molecule has 5 rings (SSSR count). The van der Waals surface area contributed by atoms with E-state index in [1.54, 1.807) is 12.1 Å². The topological polar surface area (TPSA) is 33.2 Å². The molecule has 7 heteroatoms. The van der Waals surface area contributed by atoms with E-state index in [2.05, 4.69) is 14.5 Å². The van der Waals surface area contributed by atoms with Crippen LogP contribution < -0.4 is 0 Å². The number of fused-ring (bicyclic) bond motifs is 3. The van der Waals surface area contributed by atoms with Crippen LogP contribution in [0.4, 0.5) is 4.39 Å². The third kappa shape index (κ3) is 2.97. The Kier molecular flexibility index (Phi) is 4.43. The molecule has 1 saturated carbocycles. The predicted molar refractivity (Wildman–Crippen MR) is 106 cm³/mol. The van der Waals surface area contributed by atoms with E-state index in [-0.39, 0.29) is 11.2 Å². The van der Waals surface area contributed by atoms with Crippen LogP contribution in [0.3, 0.4) is 0 Å². The number of morpholine rings is 1. The van der Waals surface area contributed by atoms with Crippen molar-refractivity contribution in [3.63, 3.8) is 0 Å². The molecule has 144 valence electrons. The van der Waals surface area contributed by atoms with Gasteiger partial charge in [0.05, 0.1) is 13.2 Å². The molecule has 1 saturated heterocycles. The van der Waals surface area contributed by atoms with E-state index >= 15 is 0 Å². The van der Waals surface area contributed by atoms with E-state index < -0.39 is 0 Å². The van der Waals surface area contributed by atoms with Gasteiger partial charge in [-0.15, -0.1) is 0 Å². The van der Waals surface area contributed by atoms with Crippen molar-refractivity contribution in [2.45, 2.75) is 37.1 Å². The summed E-state index contributed by atoms with van der Waals surface area (Å²) in [6, 6.07) is 4.90. The number of benzene rings is 1. The Morgan fingerprint density at radius 1 is 1.33 bits per heavy atom. The second-order valence-corrected chi connectivity index (χ2v) is 8.80. The molecule has 1 N–H and O–H groups in total. The number of hydrogen-bond donors (Lipinski definition) is 1. The van der Waals surface area contributed by atoms with E-state index in [1.165, 1.54) is 17.5 Å². The van der Waals surface area contributed by atoms with Gasteiger partial charge in [0.2, 0.25) is 0 Å². The van der Waals surface area contributed by atoms with Crippen LogP contribution in [0.15, 0.2) is 18.2 Å². The number of rotatable bonds is 5. The molecule has 0 bridgehead atoms. The lowest BCUT2D eigenvalue weighted by atomic mass is 9.93. The van der Waals surface area contributed by atoms with E-state index in [0.717, 1.165) is 69.0 Å². The highest BCUT2D eigenvalue weighted by Crippen LogP contribution is 2.66. The number of hydrogen-bond acceptors (Lipinski definition) is 3. The van der Waals surface area contributed by atoms with Crippen LogP contribution in [0, 0.1) is 10.6 Å². The Balaban J connectivity index is 1.35. The zero-order valence-electron chi connectivity index (χ0n) is 15.1. The largest absolute Gasteiger partial charge is 0.379 e. The van der Waals surface area contributed by atoms with Crippen LogP contribution in [-0.4, -0.2) is 47.3 Å². The van der Waals surface area contributed by atoms with Crippen LogP contribution in [0.25, 0.3) is 0 Å². The number of halogens is 2. The molecule has 1 unspecified atom stereocenters. The summed E-state index contributed by atoms with van der Waals surface area (Å²) in [7, 11) is 0.